The summed E-state index contributed by atoms with van der Waals surface area (Å²) >= 11 is 0. The molecular weight excluding hydrogens is 460 g/mol. The Labute approximate surface area is 226 Å². The minimum absolute atomic E-state index is 0.0464. The van der Waals surface area contributed by atoms with Gasteiger partial charge in [-0.25, -0.2) is 0 Å². The molecule has 0 aliphatic heterocycles. The van der Waals surface area contributed by atoms with Gasteiger partial charge in [0.15, 0.2) is 0 Å². The highest BCUT2D eigenvalue weighted by Crippen LogP contribution is 2.68. The Morgan fingerprint density at radius 1 is 0.865 bits per heavy atom. The molecule has 0 N–H and O–H groups in total. The third-order valence-electron chi connectivity index (χ3n) is 11.9. The Morgan fingerprint density at radius 2 is 1.54 bits per heavy atom. The van der Waals surface area contributed by atoms with E-state index in [1.165, 1.54) is 44.9 Å². The van der Waals surface area contributed by atoms with Crippen LogP contribution in [0, 0.1) is 51.8 Å². The van der Waals surface area contributed by atoms with E-state index in [1.807, 2.05) is 20.8 Å². The van der Waals surface area contributed by atoms with Crippen LogP contribution in [0.3, 0.4) is 0 Å². The molecule has 4 rings (SSSR count). The summed E-state index contributed by atoms with van der Waals surface area (Å²) in [6, 6.07) is 0. The fourth-order valence-electron chi connectivity index (χ4n) is 9.66. The first-order chi connectivity index (χ1) is 17.3. The number of carbonyl (C=O) groups excluding carboxylic acids is 3. The van der Waals surface area contributed by atoms with E-state index < -0.39 is 5.41 Å². The number of Topliss-reactive ketones (excluding diaryl/α,β-unsaturated/α-hetero) is 2. The van der Waals surface area contributed by atoms with Crippen LogP contribution in [0.25, 0.3) is 0 Å². The second kappa shape index (κ2) is 10.8. The molecule has 210 valence electrons. The summed E-state index contributed by atoms with van der Waals surface area (Å²) in [7, 11) is 0. The van der Waals surface area contributed by atoms with Crippen LogP contribution in [-0.4, -0.2) is 23.6 Å². The Balaban J connectivity index is 1.37. The molecule has 0 aromatic heterocycles. The van der Waals surface area contributed by atoms with E-state index in [-0.39, 0.29) is 23.6 Å². The lowest BCUT2D eigenvalue weighted by Crippen LogP contribution is -2.54. The molecule has 4 aliphatic rings. The van der Waals surface area contributed by atoms with Crippen molar-refractivity contribution in [1.82, 2.24) is 0 Å². The highest BCUT2D eigenvalue weighted by Gasteiger charge is 2.60. The van der Waals surface area contributed by atoms with E-state index in [0.29, 0.717) is 41.9 Å². The Kier molecular flexibility index (Phi) is 8.38. The molecule has 0 bridgehead atoms. The quantitative estimate of drug-likeness (QED) is 0.308. The summed E-state index contributed by atoms with van der Waals surface area (Å²) in [5, 5.41) is 0. The van der Waals surface area contributed by atoms with Gasteiger partial charge in [-0.05, 0) is 138 Å². The molecular formula is C33H54O4. The molecule has 4 aliphatic carbocycles. The molecule has 4 fully saturated rings. The van der Waals surface area contributed by atoms with Crippen molar-refractivity contribution in [1.29, 1.82) is 0 Å². The van der Waals surface area contributed by atoms with Gasteiger partial charge in [-0.15, -0.1) is 0 Å². The predicted molar refractivity (Wildman–Crippen MR) is 148 cm³/mol. The summed E-state index contributed by atoms with van der Waals surface area (Å²) in [5.74, 6) is 4.78. The van der Waals surface area contributed by atoms with Crippen molar-refractivity contribution >= 4 is 17.5 Å². The number of rotatable bonds is 8. The third-order valence-corrected chi connectivity index (χ3v) is 11.9. The second-order valence-corrected chi connectivity index (χ2v) is 15.2. The van der Waals surface area contributed by atoms with E-state index in [0.717, 1.165) is 42.9 Å². The number of esters is 1. The summed E-state index contributed by atoms with van der Waals surface area (Å²) < 4.78 is 6.00. The molecule has 0 heterocycles. The summed E-state index contributed by atoms with van der Waals surface area (Å²) in [4.78, 5) is 36.1. The lowest BCUT2D eigenvalue weighted by atomic mass is 9.44. The largest absolute Gasteiger partial charge is 0.462 e. The van der Waals surface area contributed by atoms with Gasteiger partial charge in [-0.3, -0.25) is 9.59 Å². The maximum absolute atomic E-state index is 12.5. The van der Waals surface area contributed by atoms with Crippen molar-refractivity contribution in [3.8, 4) is 0 Å². The van der Waals surface area contributed by atoms with Crippen LogP contribution in [0.2, 0.25) is 0 Å². The van der Waals surface area contributed by atoms with E-state index >= 15 is 0 Å². The normalized spacial score (nSPS) is 40.2. The molecule has 9 atom stereocenters. The number of ketones is 2. The molecule has 37 heavy (non-hydrogen) atoms. The van der Waals surface area contributed by atoms with Crippen LogP contribution in [0.4, 0.5) is 0 Å². The Bertz CT molecular complexity index is 870. The van der Waals surface area contributed by atoms with E-state index in [4.69, 9.17) is 4.74 Å². The van der Waals surface area contributed by atoms with Crippen molar-refractivity contribution < 1.29 is 19.1 Å². The zero-order valence-corrected chi connectivity index (χ0v) is 24.9. The van der Waals surface area contributed by atoms with Crippen LogP contribution in [0.15, 0.2) is 0 Å². The van der Waals surface area contributed by atoms with Gasteiger partial charge in [0.25, 0.3) is 0 Å². The van der Waals surface area contributed by atoms with Gasteiger partial charge in [-0.1, -0.05) is 20.8 Å². The van der Waals surface area contributed by atoms with Gasteiger partial charge >= 0.3 is 5.97 Å². The lowest BCUT2D eigenvalue weighted by molar-refractivity contribution is -0.170. The molecule has 4 heteroatoms. The maximum Gasteiger partial charge on any atom is 0.311 e. The Hall–Kier alpha value is -1.19. The molecule has 4 saturated carbocycles. The first kappa shape index (κ1) is 28.8. The zero-order valence-electron chi connectivity index (χ0n) is 24.9. The summed E-state index contributed by atoms with van der Waals surface area (Å²) in [5.41, 5.74) is 0.373. The predicted octanol–water partition coefficient (Wildman–Crippen LogP) is 7.96. The molecule has 0 spiro atoms. The van der Waals surface area contributed by atoms with E-state index in [1.54, 1.807) is 6.92 Å². The number of ether oxygens (including phenoxy) is 1. The molecule has 0 aromatic carbocycles. The average molecular weight is 515 g/mol. The first-order valence-corrected chi connectivity index (χ1v) is 15.5. The smallest absolute Gasteiger partial charge is 0.311 e. The molecule has 0 aromatic rings. The summed E-state index contributed by atoms with van der Waals surface area (Å²) in [6.45, 7) is 15.0. The Morgan fingerprint density at radius 3 is 2.22 bits per heavy atom. The third kappa shape index (κ3) is 5.74. The number of carbonyl (C=O) groups is 3. The first-order valence-electron chi connectivity index (χ1n) is 15.5. The van der Waals surface area contributed by atoms with Crippen molar-refractivity contribution in [3.63, 3.8) is 0 Å². The maximum atomic E-state index is 12.5. The fraction of sp³-hybridized carbons (Fsp3) is 0.909. The van der Waals surface area contributed by atoms with E-state index in [9.17, 15) is 14.4 Å². The highest BCUT2D eigenvalue weighted by molar-refractivity contribution is 5.84. The van der Waals surface area contributed by atoms with Gasteiger partial charge < -0.3 is 9.53 Å². The van der Waals surface area contributed by atoms with Crippen molar-refractivity contribution in [2.45, 2.75) is 138 Å². The lowest BCUT2D eigenvalue weighted by Gasteiger charge is -2.61. The van der Waals surface area contributed by atoms with Crippen molar-refractivity contribution in [2.75, 3.05) is 0 Å². The summed E-state index contributed by atoms with van der Waals surface area (Å²) in [6.07, 6.45) is 13.8. The standard InChI is InChI=1S/C33H54O4/c1-21(8-11-24(35)12-9-22(2)34)27-14-15-28-26-13-10-23-20-25(37-30(36)31(3,4)5)16-18-32(23,6)29(26)17-19-33(27,28)7/h21,23,25-29H,8-20H2,1-7H3/t21-,23?,25-,26?,27-,28?,29?,32+,33-/m1/s1. The molecule has 0 saturated heterocycles. The average Bonchev–Trinajstić information content (AvgIpc) is 3.18. The second-order valence-electron chi connectivity index (χ2n) is 15.2. The van der Waals surface area contributed by atoms with Gasteiger partial charge in [-0.2, -0.15) is 0 Å². The van der Waals surface area contributed by atoms with Gasteiger partial charge in [0.05, 0.1) is 5.41 Å². The van der Waals surface area contributed by atoms with Crippen molar-refractivity contribution in [3.05, 3.63) is 0 Å². The SMILES string of the molecule is CC(=O)CCC(=O)CC[C@@H](C)[C@H]1CCC2C3CCC4C[C@H](OC(=O)C(C)(C)C)CC[C@]4(C)C3CC[C@@]21C. The van der Waals surface area contributed by atoms with Crippen LogP contribution < -0.4 is 0 Å². The monoisotopic (exact) mass is 514 g/mol. The van der Waals surface area contributed by atoms with Crippen LogP contribution >= 0.6 is 0 Å². The number of hydrogen-bond donors (Lipinski definition) is 0. The zero-order chi connectivity index (χ0) is 27.2. The molecule has 4 unspecified atom stereocenters. The van der Waals surface area contributed by atoms with Crippen molar-refractivity contribution in [2.24, 2.45) is 51.8 Å². The van der Waals surface area contributed by atoms with E-state index in [2.05, 4.69) is 20.8 Å². The fourth-order valence-corrected chi connectivity index (χ4v) is 9.66. The highest BCUT2D eigenvalue weighted by atomic mass is 16.5. The van der Waals surface area contributed by atoms with Gasteiger partial charge in [0.1, 0.15) is 17.7 Å². The minimum Gasteiger partial charge on any atom is -0.462 e. The topological polar surface area (TPSA) is 60.4 Å². The minimum atomic E-state index is -0.426. The molecule has 4 nitrogen and oxygen atoms in total. The number of fused-ring (bicyclic) bond motifs is 5. The molecule has 0 radical (unpaired) electrons. The van der Waals surface area contributed by atoms with Crippen LogP contribution in [-0.2, 0) is 19.1 Å². The van der Waals surface area contributed by atoms with Gasteiger partial charge in [0, 0.05) is 19.3 Å². The van der Waals surface area contributed by atoms with Crippen LogP contribution in [0.1, 0.15) is 132 Å². The molecule has 0 amide bonds. The number of hydrogen-bond acceptors (Lipinski definition) is 4. The van der Waals surface area contributed by atoms with Gasteiger partial charge in [0.2, 0.25) is 0 Å². The van der Waals surface area contributed by atoms with Crippen LogP contribution in [0.5, 0.6) is 0 Å².